The van der Waals surface area contributed by atoms with Crippen molar-refractivity contribution in [2.75, 3.05) is 13.2 Å². The van der Waals surface area contributed by atoms with E-state index in [1.54, 1.807) is 0 Å². The largest absolute Gasteiger partial charge is 0.375 e. The van der Waals surface area contributed by atoms with Crippen LogP contribution in [0.15, 0.2) is 0 Å². The monoisotopic (exact) mass is 196 g/mol. The summed E-state index contributed by atoms with van der Waals surface area (Å²) in [6, 6.07) is 0.550. The molecule has 2 rings (SSSR count). The molecule has 0 aromatic rings. The van der Waals surface area contributed by atoms with Crippen molar-refractivity contribution in [3.05, 3.63) is 0 Å². The lowest BCUT2D eigenvalue weighted by molar-refractivity contribution is -0.0736. The Morgan fingerprint density at radius 2 is 2.29 bits per heavy atom. The van der Waals surface area contributed by atoms with Crippen molar-refractivity contribution in [2.45, 2.75) is 51.2 Å². The maximum atomic E-state index is 7.86. The Labute approximate surface area is 85.9 Å². The minimum Gasteiger partial charge on any atom is -0.375 e. The predicted molar refractivity (Wildman–Crippen MR) is 56.7 cm³/mol. The highest BCUT2D eigenvalue weighted by atomic mass is 16.5. The number of likely N-dealkylation sites (tertiary alicyclic amines) is 1. The molecule has 0 bridgehead atoms. The van der Waals surface area contributed by atoms with Gasteiger partial charge in [0.15, 0.2) is 0 Å². The summed E-state index contributed by atoms with van der Waals surface area (Å²) in [6.45, 7) is 6.23. The van der Waals surface area contributed by atoms with Gasteiger partial charge in [-0.15, -0.1) is 0 Å². The molecule has 1 unspecified atom stereocenters. The third-order valence-corrected chi connectivity index (χ3v) is 3.27. The lowest BCUT2D eigenvalue weighted by Gasteiger charge is -2.40. The number of amidine groups is 1. The summed E-state index contributed by atoms with van der Waals surface area (Å²) in [5, 5.41) is 7.86. The molecule has 0 amide bonds. The van der Waals surface area contributed by atoms with Gasteiger partial charge in [0.2, 0.25) is 0 Å². The smallest absolute Gasteiger partial charge is 0.0960 e. The zero-order valence-corrected chi connectivity index (χ0v) is 9.18. The summed E-state index contributed by atoms with van der Waals surface area (Å²) in [5.74, 6) is 0.840. The lowest BCUT2D eigenvalue weighted by atomic mass is 9.93. The fraction of sp³-hybridized carbons (Fsp3) is 0.909. The molecule has 2 aliphatic heterocycles. The zero-order valence-electron chi connectivity index (χ0n) is 9.18. The Balaban J connectivity index is 2.00. The van der Waals surface area contributed by atoms with E-state index < -0.39 is 0 Å². The molecule has 2 saturated heterocycles. The molecule has 0 spiro atoms. The van der Waals surface area contributed by atoms with E-state index in [1.165, 1.54) is 0 Å². The molecule has 1 N–H and O–H groups in total. The molecule has 2 fully saturated rings. The number of nitrogens with one attached hydrogen (secondary N) is 1. The Morgan fingerprint density at radius 3 is 2.86 bits per heavy atom. The molecular formula is C11H20N2O. The number of rotatable bonds is 1. The molecule has 1 atom stereocenters. The van der Waals surface area contributed by atoms with Crippen LogP contribution >= 0.6 is 0 Å². The summed E-state index contributed by atoms with van der Waals surface area (Å²) in [5.41, 5.74) is 0.00574. The highest BCUT2D eigenvalue weighted by molar-refractivity contribution is 5.81. The first-order valence-electron chi connectivity index (χ1n) is 5.56. The van der Waals surface area contributed by atoms with Gasteiger partial charge in [0.25, 0.3) is 0 Å². The number of nitrogens with zero attached hydrogens (tertiary/aromatic N) is 1. The molecule has 14 heavy (non-hydrogen) atoms. The van der Waals surface area contributed by atoms with Crippen LogP contribution in [0.4, 0.5) is 0 Å². The van der Waals surface area contributed by atoms with Crippen LogP contribution in [-0.4, -0.2) is 35.5 Å². The highest BCUT2D eigenvalue weighted by Crippen LogP contribution is 2.29. The second-order valence-corrected chi connectivity index (χ2v) is 5.00. The van der Waals surface area contributed by atoms with Gasteiger partial charge in [-0.2, -0.15) is 0 Å². The van der Waals surface area contributed by atoms with Crippen LogP contribution in [0.3, 0.4) is 0 Å². The summed E-state index contributed by atoms with van der Waals surface area (Å²) in [6.07, 6.45) is 4.29. The fourth-order valence-electron chi connectivity index (χ4n) is 2.56. The molecular weight excluding hydrogens is 176 g/mol. The fourth-order valence-corrected chi connectivity index (χ4v) is 2.56. The van der Waals surface area contributed by atoms with Gasteiger partial charge in [-0.1, -0.05) is 0 Å². The molecule has 3 nitrogen and oxygen atoms in total. The van der Waals surface area contributed by atoms with E-state index >= 15 is 0 Å². The van der Waals surface area contributed by atoms with E-state index in [4.69, 9.17) is 10.1 Å². The van der Waals surface area contributed by atoms with Gasteiger partial charge in [0.05, 0.1) is 11.4 Å². The van der Waals surface area contributed by atoms with Gasteiger partial charge in [-0.25, -0.2) is 0 Å². The Morgan fingerprint density at radius 1 is 1.50 bits per heavy atom. The molecule has 0 aromatic heterocycles. The van der Waals surface area contributed by atoms with Gasteiger partial charge < -0.3 is 9.64 Å². The summed E-state index contributed by atoms with van der Waals surface area (Å²) < 4.78 is 5.69. The van der Waals surface area contributed by atoms with Gasteiger partial charge >= 0.3 is 0 Å². The van der Waals surface area contributed by atoms with Gasteiger partial charge in [-0.3, -0.25) is 5.41 Å². The Hall–Kier alpha value is -0.570. The normalized spacial score (nSPS) is 32.3. The average Bonchev–Trinajstić information content (AvgIpc) is 2.49. The van der Waals surface area contributed by atoms with Crippen LogP contribution in [0.2, 0.25) is 0 Å². The Kier molecular flexibility index (Phi) is 2.52. The zero-order chi connectivity index (χ0) is 10.2. The van der Waals surface area contributed by atoms with E-state index in [2.05, 4.69) is 18.7 Å². The summed E-state index contributed by atoms with van der Waals surface area (Å²) >= 11 is 0. The average molecular weight is 196 g/mol. The maximum Gasteiger partial charge on any atom is 0.0960 e. The van der Waals surface area contributed by atoms with Crippen LogP contribution in [0, 0.1) is 5.41 Å². The minimum atomic E-state index is 0.00574. The van der Waals surface area contributed by atoms with Crippen LogP contribution in [0.1, 0.15) is 39.5 Å². The van der Waals surface area contributed by atoms with Gasteiger partial charge in [0, 0.05) is 25.6 Å². The quantitative estimate of drug-likeness (QED) is 0.696. The van der Waals surface area contributed by atoms with Crippen LogP contribution in [0.25, 0.3) is 0 Å². The third-order valence-electron chi connectivity index (χ3n) is 3.27. The van der Waals surface area contributed by atoms with Crippen molar-refractivity contribution in [3.8, 4) is 0 Å². The number of hydrogen-bond donors (Lipinski definition) is 1. The van der Waals surface area contributed by atoms with Crippen LogP contribution < -0.4 is 0 Å². The standard InChI is InChI=1S/C11H20N2O/c1-11(2)8-9(5-7-14-11)13-6-3-4-10(13)12/h9,12H,3-8H2,1-2H3. The van der Waals surface area contributed by atoms with E-state index in [9.17, 15) is 0 Å². The first-order valence-corrected chi connectivity index (χ1v) is 5.56. The minimum absolute atomic E-state index is 0.00574. The van der Waals surface area contributed by atoms with Crippen LogP contribution in [0.5, 0.6) is 0 Å². The lowest BCUT2D eigenvalue weighted by Crippen LogP contribution is -2.46. The topological polar surface area (TPSA) is 36.3 Å². The van der Waals surface area contributed by atoms with Crippen molar-refractivity contribution in [1.82, 2.24) is 4.90 Å². The first kappa shape index (κ1) is 9.97. The molecule has 0 aliphatic carbocycles. The second-order valence-electron chi connectivity index (χ2n) is 5.00. The molecule has 0 radical (unpaired) electrons. The molecule has 3 heteroatoms. The Bertz CT molecular complexity index is 237. The van der Waals surface area contributed by atoms with Crippen molar-refractivity contribution in [2.24, 2.45) is 0 Å². The predicted octanol–water partition coefficient (Wildman–Crippen LogP) is 2.02. The van der Waals surface area contributed by atoms with E-state index in [-0.39, 0.29) is 5.60 Å². The molecule has 0 saturated carbocycles. The molecule has 2 heterocycles. The molecule has 80 valence electrons. The van der Waals surface area contributed by atoms with Crippen molar-refractivity contribution < 1.29 is 4.74 Å². The van der Waals surface area contributed by atoms with E-state index in [1.807, 2.05) is 0 Å². The molecule has 0 aromatic carbocycles. The SMILES string of the molecule is CC1(C)CC(N2CCCC2=N)CCO1. The maximum absolute atomic E-state index is 7.86. The first-order chi connectivity index (χ1) is 6.58. The number of ether oxygens (including phenoxy) is 1. The highest BCUT2D eigenvalue weighted by Gasteiger charge is 2.34. The van der Waals surface area contributed by atoms with Crippen LogP contribution in [-0.2, 0) is 4.74 Å². The van der Waals surface area contributed by atoms with E-state index in [0.717, 1.165) is 44.7 Å². The van der Waals surface area contributed by atoms with Crippen molar-refractivity contribution >= 4 is 5.84 Å². The third kappa shape index (κ3) is 1.92. The second kappa shape index (κ2) is 3.54. The van der Waals surface area contributed by atoms with Crippen molar-refractivity contribution in [1.29, 1.82) is 5.41 Å². The van der Waals surface area contributed by atoms with E-state index in [0.29, 0.717) is 6.04 Å². The van der Waals surface area contributed by atoms with Gasteiger partial charge in [0.1, 0.15) is 0 Å². The summed E-state index contributed by atoms with van der Waals surface area (Å²) in [4.78, 5) is 2.28. The van der Waals surface area contributed by atoms with Gasteiger partial charge in [-0.05, 0) is 33.1 Å². The number of hydrogen-bond acceptors (Lipinski definition) is 2. The molecule has 2 aliphatic rings. The van der Waals surface area contributed by atoms with Crippen molar-refractivity contribution in [3.63, 3.8) is 0 Å². The summed E-state index contributed by atoms with van der Waals surface area (Å²) in [7, 11) is 0.